The van der Waals surface area contributed by atoms with Gasteiger partial charge in [0, 0.05) is 19.8 Å². The summed E-state index contributed by atoms with van der Waals surface area (Å²) in [5, 5.41) is 3.64. The molecule has 0 aliphatic heterocycles. The summed E-state index contributed by atoms with van der Waals surface area (Å²) in [6, 6.07) is 11.6. The predicted molar refractivity (Wildman–Crippen MR) is 82.1 cm³/mol. The van der Waals surface area contributed by atoms with Crippen LogP contribution in [-0.2, 0) is 9.47 Å². The van der Waals surface area contributed by atoms with Gasteiger partial charge in [0.1, 0.15) is 0 Å². The highest BCUT2D eigenvalue weighted by atomic mass is 16.5. The minimum atomic E-state index is 0.696. The molecule has 0 atom stereocenters. The zero-order valence-corrected chi connectivity index (χ0v) is 12.5. The molecular formula is C17H27NO2. The lowest BCUT2D eigenvalue weighted by Crippen LogP contribution is -2.40. The van der Waals surface area contributed by atoms with Crippen LogP contribution in [0.1, 0.15) is 37.2 Å². The van der Waals surface area contributed by atoms with Gasteiger partial charge in [0.25, 0.3) is 0 Å². The van der Waals surface area contributed by atoms with Crippen molar-refractivity contribution in [1.29, 1.82) is 0 Å². The molecule has 1 aromatic carbocycles. The van der Waals surface area contributed by atoms with E-state index < -0.39 is 0 Å². The maximum Gasteiger partial charge on any atom is 0.0700 e. The van der Waals surface area contributed by atoms with Crippen LogP contribution >= 0.6 is 0 Å². The molecule has 0 bridgehead atoms. The van der Waals surface area contributed by atoms with Crippen molar-refractivity contribution in [2.45, 2.75) is 37.6 Å². The molecule has 1 fully saturated rings. The van der Waals surface area contributed by atoms with Crippen LogP contribution in [-0.4, -0.2) is 39.5 Å². The van der Waals surface area contributed by atoms with E-state index in [1.807, 2.05) is 0 Å². The van der Waals surface area contributed by atoms with Crippen LogP contribution < -0.4 is 5.32 Å². The monoisotopic (exact) mass is 277 g/mol. The summed E-state index contributed by atoms with van der Waals surface area (Å²) in [6.07, 6.45) is 4.90. The SMILES string of the molecule is COCCOCCCCNC1CC(c2ccccc2)C1. The van der Waals surface area contributed by atoms with Crippen molar-refractivity contribution in [1.82, 2.24) is 5.32 Å². The fraction of sp³-hybridized carbons (Fsp3) is 0.647. The number of hydrogen-bond donors (Lipinski definition) is 1. The predicted octanol–water partition coefficient (Wildman–Crippen LogP) is 2.97. The number of rotatable bonds is 10. The van der Waals surface area contributed by atoms with Crippen molar-refractivity contribution in [2.75, 3.05) is 33.5 Å². The highest BCUT2D eigenvalue weighted by molar-refractivity contribution is 5.22. The van der Waals surface area contributed by atoms with E-state index in [1.165, 1.54) is 24.8 Å². The summed E-state index contributed by atoms with van der Waals surface area (Å²) < 4.78 is 10.4. The maximum atomic E-state index is 5.44. The number of hydrogen-bond acceptors (Lipinski definition) is 3. The first-order valence-electron chi connectivity index (χ1n) is 7.75. The van der Waals surface area contributed by atoms with Crippen LogP contribution in [0.15, 0.2) is 30.3 Å². The molecule has 0 unspecified atom stereocenters. The van der Waals surface area contributed by atoms with E-state index in [4.69, 9.17) is 9.47 Å². The molecule has 20 heavy (non-hydrogen) atoms. The second-order valence-electron chi connectivity index (χ2n) is 5.54. The lowest BCUT2D eigenvalue weighted by atomic mass is 9.76. The van der Waals surface area contributed by atoms with Gasteiger partial charge in [-0.25, -0.2) is 0 Å². The zero-order valence-electron chi connectivity index (χ0n) is 12.5. The third-order valence-electron chi connectivity index (χ3n) is 3.99. The van der Waals surface area contributed by atoms with Crippen molar-refractivity contribution in [3.05, 3.63) is 35.9 Å². The number of nitrogens with one attached hydrogen (secondary N) is 1. The minimum absolute atomic E-state index is 0.696. The van der Waals surface area contributed by atoms with Gasteiger partial charge in [-0.1, -0.05) is 30.3 Å². The number of methoxy groups -OCH3 is 1. The Morgan fingerprint density at radius 3 is 2.60 bits per heavy atom. The summed E-state index contributed by atoms with van der Waals surface area (Å²) in [4.78, 5) is 0. The third-order valence-corrected chi connectivity index (χ3v) is 3.99. The second kappa shape index (κ2) is 9.11. The average Bonchev–Trinajstić information content (AvgIpc) is 2.44. The van der Waals surface area contributed by atoms with Gasteiger partial charge in [-0.15, -0.1) is 0 Å². The van der Waals surface area contributed by atoms with Crippen LogP contribution in [0.2, 0.25) is 0 Å². The van der Waals surface area contributed by atoms with Crippen LogP contribution in [0, 0.1) is 0 Å². The number of benzene rings is 1. The molecule has 1 aliphatic carbocycles. The van der Waals surface area contributed by atoms with Crippen molar-refractivity contribution < 1.29 is 9.47 Å². The van der Waals surface area contributed by atoms with Gasteiger partial charge in [0.05, 0.1) is 13.2 Å². The van der Waals surface area contributed by atoms with E-state index in [-0.39, 0.29) is 0 Å². The first-order chi connectivity index (χ1) is 9.90. The van der Waals surface area contributed by atoms with E-state index in [0.717, 1.165) is 31.5 Å². The number of ether oxygens (including phenoxy) is 2. The number of unbranched alkanes of at least 4 members (excludes halogenated alkanes) is 1. The van der Waals surface area contributed by atoms with Crippen molar-refractivity contribution in [2.24, 2.45) is 0 Å². The standard InChI is InChI=1S/C17H27NO2/c1-19-11-12-20-10-6-5-9-18-17-13-16(14-17)15-7-3-2-4-8-15/h2-4,7-8,16-18H,5-6,9-14H2,1H3. The second-order valence-corrected chi connectivity index (χ2v) is 5.54. The fourth-order valence-corrected chi connectivity index (χ4v) is 2.66. The molecule has 112 valence electrons. The summed E-state index contributed by atoms with van der Waals surface area (Å²) in [6.45, 7) is 3.37. The first-order valence-corrected chi connectivity index (χ1v) is 7.75. The van der Waals surface area contributed by atoms with E-state index in [2.05, 4.69) is 35.6 Å². The van der Waals surface area contributed by atoms with Crippen molar-refractivity contribution >= 4 is 0 Å². The normalized spacial score (nSPS) is 21.6. The molecule has 0 heterocycles. The summed E-state index contributed by atoms with van der Waals surface area (Å²) in [7, 11) is 1.70. The summed E-state index contributed by atoms with van der Waals surface area (Å²) in [5.74, 6) is 0.770. The maximum absolute atomic E-state index is 5.44. The van der Waals surface area contributed by atoms with Gasteiger partial charge in [-0.05, 0) is 43.7 Å². The molecule has 3 nitrogen and oxygen atoms in total. The van der Waals surface area contributed by atoms with E-state index >= 15 is 0 Å². The molecule has 0 aromatic heterocycles. The Kier molecular flexibility index (Phi) is 7.06. The van der Waals surface area contributed by atoms with Crippen molar-refractivity contribution in [3.63, 3.8) is 0 Å². The van der Waals surface area contributed by atoms with Gasteiger partial charge in [-0.2, -0.15) is 0 Å². The Morgan fingerprint density at radius 2 is 1.85 bits per heavy atom. The fourth-order valence-electron chi connectivity index (χ4n) is 2.66. The largest absolute Gasteiger partial charge is 0.382 e. The first kappa shape index (κ1) is 15.5. The van der Waals surface area contributed by atoms with Crippen LogP contribution in [0.5, 0.6) is 0 Å². The molecule has 0 radical (unpaired) electrons. The Hall–Kier alpha value is -0.900. The minimum Gasteiger partial charge on any atom is -0.382 e. The van der Waals surface area contributed by atoms with Gasteiger partial charge in [0.15, 0.2) is 0 Å². The Labute approximate surface area is 122 Å². The van der Waals surface area contributed by atoms with Crippen LogP contribution in [0.25, 0.3) is 0 Å². The summed E-state index contributed by atoms with van der Waals surface area (Å²) in [5.41, 5.74) is 1.50. The molecule has 1 aromatic rings. The Bertz CT molecular complexity index is 349. The smallest absolute Gasteiger partial charge is 0.0700 e. The third kappa shape index (κ3) is 5.23. The highest BCUT2D eigenvalue weighted by Gasteiger charge is 2.29. The molecule has 0 spiro atoms. The van der Waals surface area contributed by atoms with E-state index in [9.17, 15) is 0 Å². The molecule has 1 saturated carbocycles. The quantitative estimate of drug-likeness (QED) is 0.667. The van der Waals surface area contributed by atoms with E-state index in [0.29, 0.717) is 13.2 Å². The Morgan fingerprint density at radius 1 is 1.05 bits per heavy atom. The highest BCUT2D eigenvalue weighted by Crippen LogP contribution is 2.36. The average molecular weight is 277 g/mol. The molecule has 1 aliphatic rings. The molecule has 3 heteroatoms. The topological polar surface area (TPSA) is 30.5 Å². The molecule has 0 saturated heterocycles. The lowest BCUT2D eigenvalue weighted by Gasteiger charge is -2.36. The summed E-state index contributed by atoms with van der Waals surface area (Å²) >= 11 is 0. The van der Waals surface area contributed by atoms with Crippen molar-refractivity contribution in [3.8, 4) is 0 Å². The van der Waals surface area contributed by atoms with Crippen LogP contribution in [0.3, 0.4) is 0 Å². The van der Waals surface area contributed by atoms with E-state index in [1.54, 1.807) is 7.11 Å². The lowest BCUT2D eigenvalue weighted by molar-refractivity contribution is 0.0686. The van der Waals surface area contributed by atoms with Gasteiger partial charge in [0.2, 0.25) is 0 Å². The molecule has 1 N–H and O–H groups in total. The van der Waals surface area contributed by atoms with Crippen LogP contribution in [0.4, 0.5) is 0 Å². The molecule has 2 rings (SSSR count). The van der Waals surface area contributed by atoms with Gasteiger partial charge < -0.3 is 14.8 Å². The van der Waals surface area contributed by atoms with Gasteiger partial charge >= 0.3 is 0 Å². The molecular weight excluding hydrogens is 250 g/mol. The van der Waals surface area contributed by atoms with Gasteiger partial charge in [-0.3, -0.25) is 0 Å². The molecule has 0 amide bonds. The Balaban J connectivity index is 1.43. The zero-order chi connectivity index (χ0) is 14.0.